The molecule has 0 aromatic heterocycles. The van der Waals surface area contributed by atoms with Crippen LogP contribution in [0.3, 0.4) is 0 Å². The number of hydrogen-bond acceptors (Lipinski definition) is 3. The highest BCUT2D eigenvalue weighted by Gasteiger charge is 1.98. The van der Waals surface area contributed by atoms with Crippen molar-refractivity contribution in [1.29, 1.82) is 5.26 Å². The Bertz CT molecular complexity index is 569. The van der Waals surface area contributed by atoms with E-state index in [9.17, 15) is 0 Å². The lowest BCUT2D eigenvalue weighted by Crippen LogP contribution is -2.02. The quantitative estimate of drug-likeness (QED) is 0.837. The van der Waals surface area contributed by atoms with Gasteiger partial charge in [-0.05, 0) is 41.8 Å². The van der Waals surface area contributed by atoms with Crippen molar-refractivity contribution in [3.8, 4) is 17.2 Å². The van der Waals surface area contributed by atoms with E-state index in [1.807, 2.05) is 24.3 Å². The summed E-state index contributed by atoms with van der Waals surface area (Å²) in [5.74, 6) is 0. The summed E-state index contributed by atoms with van der Waals surface area (Å²) in [5.41, 5.74) is 9.74. The highest BCUT2D eigenvalue weighted by molar-refractivity contribution is 5.64. The van der Waals surface area contributed by atoms with E-state index in [0.717, 1.165) is 17.5 Å². The lowest BCUT2D eigenvalue weighted by atomic mass is 10.0. The largest absolute Gasteiger partial charge is 0.483 e. The molecular weight excluding hydrogens is 252 g/mol. The highest BCUT2D eigenvalue weighted by atomic mass is 16.3. The van der Waals surface area contributed by atoms with Crippen molar-refractivity contribution in [3.05, 3.63) is 59.7 Å². The average molecular weight is 268 g/mol. The lowest BCUT2D eigenvalue weighted by molar-refractivity contribution is -0.122. The van der Waals surface area contributed by atoms with Crippen LogP contribution in [0.2, 0.25) is 0 Å². The Balaban J connectivity index is 0.000000612. The number of nitrogens with zero attached hydrogens (tertiary/aromatic N) is 1. The summed E-state index contributed by atoms with van der Waals surface area (Å²) >= 11 is 0. The number of benzene rings is 2. The summed E-state index contributed by atoms with van der Waals surface area (Å²) in [5, 5.41) is 15.6. The molecule has 2 rings (SSSR count). The van der Waals surface area contributed by atoms with Crippen LogP contribution in [0.1, 0.15) is 11.1 Å². The lowest BCUT2D eigenvalue weighted by Gasteiger charge is -2.03. The second-order valence-corrected chi connectivity index (χ2v) is 4.03. The maximum atomic E-state index is 8.73. The van der Waals surface area contributed by atoms with E-state index < -0.39 is 0 Å². The first-order chi connectivity index (χ1) is 9.74. The number of carboxylic acid groups (broad SMARTS) is 1. The molecule has 3 N–H and O–H groups in total. The topological polar surface area (TPSA) is 87.1 Å². The Morgan fingerprint density at radius 3 is 1.90 bits per heavy atom. The molecule has 0 unspecified atom stereocenters. The number of hydrogen-bond donors (Lipinski definition) is 2. The van der Waals surface area contributed by atoms with Crippen molar-refractivity contribution in [2.45, 2.75) is 6.42 Å². The molecule has 0 spiro atoms. The molecule has 20 heavy (non-hydrogen) atoms. The standard InChI is InChI=1S/C15H14N2.CH2O2/c16-10-9-12-1-5-14(6-2-12)15-7-3-13(11-17)4-8-15;2-1-3/h1-8H,9-10,16H2;1H,(H,2,3). The SMILES string of the molecule is N#Cc1ccc(-c2ccc(CCN)cc2)cc1.O=CO. The third kappa shape index (κ3) is 4.56. The predicted molar refractivity (Wildman–Crippen MR) is 78.0 cm³/mol. The van der Waals surface area contributed by atoms with Crippen LogP contribution in [-0.4, -0.2) is 18.1 Å². The summed E-state index contributed by atoms with van der Waals surface area (Å²) in [4.78, 5) is 8.36. The molecule has 2 aromatic rings. The van der Waals surface area contributed by atoms with E-state index in [1.54, 1.807) is 0 Å². The van der Waals surface area contributed by atoms with Gasteiger partial charge in [0.25, 0.3) is 6.47 Å². The second-order valence-electron chi connectivity index (χ2n) is 4.03. The van der Waals surface area contributed by atoms with Crippen LogP contribution in [0, 0.1) is 11.3 Å². The van der Waals surface area contributed by atoms with Crippen molar-refractivity contribution in [2.75, 3.05) is 6.54 Å². The van der Waals surface area contributed by atoms with Gasteiger partial charge in [0, 0.05) is 0 Å². The van der Waals surface area contributed by atoms with Gasteiger partial charge in [-0.1, -0.05) is 36.4 Å². The molecule has 0 fully saturated rings. The minimum atomic E-state index is -0.250. The number of nitriles is 1. The minimum Gasteiger partial charge on any atom is -0.483 e. The Morgan fingerprint density at radius 1 is 1.05 bits per heavy atom. The van der Waals surface area contributed by atoms with E-state index in [4.69, 9.17) is 20.9 Å². The Hall–Kier alpha value is -2.64. The fourth-order valence-corrected chi connectivity index (χ4v) is 1.77. The van der Waals surface area contributed by atoms with Crippen LogP contribution in [0.5, 0.6) is 0 Å². The Labute approximate surface area is 118 Å². The molecule has 0 aliphatic heterocycles. The molecule has 0 radical (unpaired) electrons. The van der Waals surface area contributed by atoms with Gasteiger partial charge in [-0.3, -0.25) is 4.79 Å². The predicted octanol–water partition coefficient (Wildman–Crippen LogP) is 2.43. The number of nitrogens with two attached hydrogens (primary N) is 1. The summed E-state index contributed by atoms with van der Waals surface area (Å²) in [7, 11) is 0. The van der Waals surface area contributed by atoms with Crippen molar-refractivity contribution < 1.29 is 9.90 Å². The van der Waals surface area contributed by atoms with Gasteiger partial charge in [0.1, 0.15) is 0 Å². The monoisotopic (exact) mass is 268 g/mol. The molecule has 4 heteroatoms. The molecule has 0 saturated heterocycles. The molecule has 0 amide bonds. The van der Waals surface area contributed by atoms with Gasteiger partial charge >= 0.3 is 0 Å². The molecule has 0 saturated carbocycles. The fourth-order valence-electron chi connectivity index (χ4n) is 1.77. The Kier molecular flexibility index (Phi) is 6.52. The van der Waals surface area contributed by atoms with Gasteiger partial charge in [0.2, 0.25) is 0 Å². The van der Waals surface area contributed by atoms with Gasteiger partial charge < -0.3 is 10.8 Å². The van der Waals surface area contributed by atoms with Gasteiger partial charge in [-0.2, -0.15) is 5.26 Å². The average Bonchev–Trinajstić information content (AvgIpc) is 2.49. The smallest absolute Gasteiger partial charge is 0.290 e. The third-order valence-corrected chi connectivity index (χ3v) is 2.73. The zero-order valence-electron chi connectivity index (χ0n) is 11.0. The van der Waals surface area contributed by atoms with Crippen LogP contribution in [0.25, 0.3) is 11.1 Å². The second kappa shape index (κ2) is 8.46. The zero-order chi connectivity index (χ0) is 14.8. The van der Waals surface area contributed by atoms with Crippen LogP contribution in [0.15, 0.2) is 48.5 Å². The molecule has 102 valence electrons. The maximum Gasteiger partial charge on any atom is 0.290 e. The molecule has 2 aromatic carbocycles. The molecular formula is C16H16N2O2. The Morgan fingerprint density at radius 2 is 1.50 bits per heavy atom. The fraction of sp³-hybridized carbons (Fsp3) is 0.125. The molecule has 0 bridgehead atoms. The first kappa shape index (κ1) is 15.4. The van der Waals surface area contributed by atoms with Crippen LogP contribution in [-0.2, 0) is 11.2 Å². The summed E-state index contributed by atoms with van der Waals surface area (Å²) < 4.78 is 0. The van der Waals surface area contributed by atoms with Gasteiger partial charge in [0.15, 0.2) is 0 Å². The number of rotatable bonds is 3. The highest BCUT2D eigenvalue weighted by Crippen LogP contribution is 2.20. The maximum absolute atomic E-state index is 8.73. The van der Waals surface area contributed by atoms with Crippen molar-refractivity contribution in [1.82, 2.24) is 0 Å². The zero-order valence-corrected chi connectivity index (χ0v) is 11.0. The van der Waals surface area contributed by atoms with Gasteiger partial charge in [-0.25, -0.2) is 0 Å². The van der Waals surface area contributed by atoms with Crippen LogP contribution < -0.4 is 5.73 Å². The van der Waals surface area contributed by atoms with Crippen molar-refractivity contribution in [2.24, 2.45) is 5.73 Å². The summed E-state index contributed by atoms with van der Waals surface area (Å²) in [6, 6.07) is 18.1. The van der Waals surface area contributed by atoms with E-state index >= 15 is 0 Å². The summed E-state index contributed by atoms with van der Waals surface area (Å²) in [6.07, 6.45) is 0.910. The molecule has 0 aliphatic carbocycles. The molecule has 0 atom stereocenters. The molecule has 0 aliphatic rings. The summed E-state index contributed by atoms with van der Waals surface area (Å²) in [6.45, 7) is 0.427. The van der Waals surface area contributed by atoms with E-state index in [0.29, 0.717) is 12.1 Å². The van der Waals surface area contributed by atoms with Crippen LogP contribution in [0.4, 0.5) is 0 Å². The van der Waals surface area contributed by atoms with Gasteiger partial charge in [-0.15, -0.1) is 0 Å². The van der Waals surface area contributed by atoms with Crippen molar-refractivity contribution in [3.63, 3.8) is 0 Å². The van der Waals surface area contributed by atoms with E-state index in [-0.39, 0.29) is 6.47 Å². The molecule has 0 heterocycles. The minimum absolute atomic E-state index is 0.250. The first-order valence-electron chi connectivity index (χ1n) is 6.12. The van der Waals surface area contributed by atoms with Crippen molar-refractivity contribution >= 4 is 6.47 Å². The molecule has 4 nitrogen and oxygen atoms in total. The van der Waals surface area contributed by atoms with Crippen LogP contribution >= 0.6 is 0 Å². The number of carbonyl (C=O) groups is 1. The van der Waals surface area contributed by atoms with Gasteiger partial charge in [0.05, 0.1) is 11.6 Å². The third-order valence-electron chi connectivity index (χ3n) is 2.73. The van der Waals surface area contributed by atoms with E-state index in [1.165, 1.54) is 5.56 Å². The van der Waals surface area contributed by atoms with E-state index in [2.05, 4.69) is 30.3 Å². The first-order valence-corrected chi connectivity index (χ1v) is 6.12. The normalized spacial score (nSPS) is 9.00.